The number of thiazole rings is 1. The van der Waals surface area contributed by atoms with Gasteiger partial charge in [-0.3, -0.25) is 9.59 Å². The van der Waals surface area contributed by atoms with Crippen molar-refractivity contribution in [3.05, 3.63) is 57.8 Å². The molecule has 2 amide bonds. The summed E-state index contributed by atoms with van der Waals surface area (Å²) in [5.41, 5.74) is 1.08. The van der Waals surface area contributed by atoms with E-state index < -0.39 is 0 Å². The van der Waals surface area contributed by atoms with Crippen LogP contribution >= 0.6 is 34.7 Å². The van der Waals surface area contributed by atoms with Crippen LogP contribution in [0, 0.1) is 6.92 Å². The monoisotopic (exact) mass is 436 g/mol. The number of benzene rings is 1. The van der Waals surface area contributed by atoms with Gasteiger partial charge in [-0.15, -0.1) is 23.1 Å². The molecule has 0 spiro atoms. The summed E-state index contributed by atoms with van der Waals surface area (Å²) in [6, 6.07) is 9.25. The van der Waals surface area contributed by atoms with Gasteiger partial charge in [0.25, 0.3) is 0 Å². The summed E-state index contributed by atoms with van der Waals surface area (Å²) in [5, 5.41) is 10.3. The quantitative estimate of drug-likeness (QED) is 0.554. The minimum Gasteiger partial charge on any atom is -0.360 e. The predicted molar refractivity (Wildman–Crippen MR) is 112 cm³/mol. The number of halogens is 1. The molecule has 0 aliphatic carbocycles. The van der Waals surface area contributed by atoms with Crippen LogP contribution in [0.4, 0.5) is 10.9 Å². The number of rotatable bonds is 8. The number of amides is 2. The third kappa shape index (κ3) is 6.36. The summed E-state index contributed by atoms with van der Waals surface area (Å²) in [7, 11) is 0. The van der Waals surface area contributed by atoms with E-state index in [0.29, 0.717) is 28.2 Å². The molecular formula is C18H17ClN4O3S2. The van der Waals surface area contributed by atoms with E-state index in [0.717, 1.165) is 10.4 Å². The minimum absolute atomic E-state index is 0.136. The summed E-state index contributed by atoms with van der Waals surface area (Å²) < 4.78 is 4.87. The molecule has 0 radical (unpaired) electrons. The zero-order valence-corrected chi connectivity index (χ0v) is 17.3. The van der Waals surface area contributed by atoms with Gasteiger partial charge in [0.05, 0.1) is 11.5 Å². The number of carbonyl (C=O) groups is 2. The summed E-state index contributed by atoms with van der Waals surface area (Å²) in [6.45, 7) is 1.74. The predicted octanol–water partition coefficient (Wildman–Crippen LogP) is 3.99. The van der Waals surface area contributed by atoms with Crippen molar-refractivity contribution >= 4 is 57.5 Å². The molecule has 28 heavy (non-hydrogen) atoms. The van der Waals surface area contributed by atoms with Gasteiger partial charge in [0, 0.05) is 28.6 Å². The van der Waals surface area contributed by atoms with Crippen LogP contribution in [-0.2, 0) is 16.0 Å². The number of hydrogen-bond acceptors (Lipinski definition) is 7. The lowest BCUT2D eigenvalue weighted by atomic mass is 10.1. The SMILES string of the molecule is Cc1cc(NC(=O)CSCC(=O)Nc2ncc(Cc3cccc(Cl)c3)s2)no1. The smallest absolute Gasteiger partial charge is 0.236 e. The van der Waals surface area contributed by atoms with Crippen molar-refractivity contribution in [1.82, 2.24) is 10.1 Å². The zero-order valence-electron chi connectivity index (χ0n) is 14.9. The van der Waals surface area contributed by atoms with Gasteiger partial charge in [-0.2, -0.15) is 0 Å². The van der Waals surface area contributed by atoms with Gasteiger partial charge in [0.15, 0.2) is 10.9 Å². The number of anilines is 2. The highest BCUT2D eigenvalue weighted by Gasteiger charge is 2.10. The van der Waals surface area contributed by atoms with Crippen LogP contribution in [0.25, 0.3) is 0 Å². The molecule has 0 unspecified atom stereocenters. The topological polar surface area (TPSA) is 97.1 Å². The van der Waals surface area contributed by atoms with E-state index in [-0.39, 0.29) is 23.3 Å². The van der Waals surface area contributed by atoms with Crippen molar-refractivity contribution in [3.8, 4) is 0 Å². The fourth-order valence-electron chi connectivity index (χ4n) is 2.29. The Balaban J connectivity index is 1.40. The number of hydrogen-bond donors (Lipinski definition) is 2. The number of carbonyl (C=O) groups excluding carboxylic acids is 2. The third-order valence-electron chi connectivity index (χ3n) is 3.43. The molecule has 0 bridgehead atoms. The van der Waals surface area contributed by atoms with Crippen LogP contribution in [0.3, 0.4) is 0 Å². The number of aryl methyl sites for hydroxylation is 1. The Morgan fingerprint density at radius 1 is 1.21 bits per heavy atom. The summed E-state index contributed by atoms with van der Waals surface area (Å²) >= 11 is 8.61. The first kappa shape index (κ1) is 20.4. The van der Waals surface area contributed by atoms with Crippen molar-refractivity contribution < 1.29 is 14.1 Å². The first-order valence-electron chi connectivity index (χ1n) is 8.28. The largest absolute Gasteiger partial charge is 0.360 e. The highest BCUT2D eigenvalue weighted by atomic mass is 35.5. The van der Waals surface area contributed by atoms with Gasteiger partial charge in [-0.25, -0.2) is 4.98 Å². The van der Waals surface area contributed by atoms with Crippen molar-refractivity contribution in [2.75, 3.05) is 22.1 Å². The van der Waals surface area contributed by atoms with E-state index in [1.807, 2.05) is 24.3 Å². The Hall–Kier alpha value is -2.36. The van der Waals surface area contributed by atoms with Gasteiger partial charge < -0.3 is 15.2 Å². The Labute approximate surface area is 174 Å². The molecule has 0 saturated carbocycles. The average molecular weight is 437 g/mol. The molecule has 0 fully saturated rings. The Bertz CT molecular complexity index is 973. The van der Waals surface area contributed by atoms with E-state index in [9.17, 15) is 9.59 Å². The Morgan fingerprint density at radius 3 is 2.71 bits per heavy atom. The molecule has 2 aromatic heterocycles. The minimum atomic E-state index is -0.246. The molecule has 146 valence electrons. The lowest BCUT2D eigenvalue weighted by molar-refractivity contribution is -0.114. The van der Waals surface area contributed by atoms with Crippen molar-refractivity contribution in [2.45, 2.75) is 13.3 Å². The maximum absolute atomic E-state index is 12.0. The van der Waals surface area contributed by atoms with Crippen LogP contribution in [0.1, 0.15) is 16.2 Å². The van der Waals surface area contributed by atoms with Crippen molar-refractivity contribution in [1.29, 1.82) is 0 Å². The third-order valence-corrected chi connectivity index (χ3v) is 5.51. The summed E-state index contributed by atoms with van der Waals surface area (Å²) in [6.07, 6.45) is 2.44. The van der Waals surface area contributed by atoms with E-state index in [1.54, 1.807) is 19.2 Å². The van der Waals surface area contributed by atoms with E-state index >= 15 is 0 Å². The highest BCUT2D eigenvalue weighted by molar-refractivity contribution is 8.00. The van der Waals surface area contributed by atoms with Crippen LogP contribution in [-0.4, -0.2) is 33.5 Å². The maximum Gasteiger partial charge on any atom is 0.236 e. The fraction of sp³-hybridized carbons (Fsp3) is 0.222. The molecule has 0 aliphatic heterocycles. The summed E-state index contributed by atoms with van der Waals surface area (Å²) in [5.74, 6) is 0.803. The number of thioether (sulfide) groups is 1. The van der Waals surface area contributed by atoms with E-state index in [4.69, 9.17) is 16.1 Å². The van der Waals surface area contributed by atoms with Gasteiger partial charge in [-0.1, -0.05) is 28.9 Å². The standard InChI is InChI=1S/C18H17ClN4O3S2/c1-11-5-15(23-26-11)21-16(24)9-27-10-17(25)22-18-20-8-14(28-18)7-12-3-2-4-13(19)6-12/h2-6,8H,7,9-10H2,1H3,(H,20,22,25)(H,21,23,24). The first-order chi connectivity index (χ1) is 13.5. The van der Waals surface area contributed by atoms with Crippen molar-refractivity contribution in [3.63, 3.8) is 0 Å². The molecule has 2 N–H and O–H groups in total. The molecule has 10 heteroatoms. The Morgan fingerprint density at radius 2 is 2.00 bits per heavy atom. The average Bonchev–Trinajstić information content (AvgIpc) is 3.23. The van der Waals surface area contributed by atoms with E-state index in [2.05, 4.69) is 20.8 Å². The summed E-state index contributed by atoms with van der Waals surface area (Å²) in [4.78, 5) is 29.1. The lowest BCUT2D eigenvalue weighted by Gasteiger charge is -2.02. The number of nitrogens with zero attached hydrogens (tertiary/aromatic N) is 2. The van der Waals surface area contributed by atoms with Gasteiger partial charge >= 0.3 is 0 Å². The highest BCUT2D eigenvalue weighted by Crippen LogP contribution is 2.22. The molecule has 7 nitrogen and oxygen atoms in total. The number of aromatic nitrogens is 2. The van der Waals surface area contributed by atoms with Crippen LogP contribution in [0.2, 0.25) is 5.02 Å². The molecule has 0 aliphatic rings. The molecule has 3 aromatic rings. The van der Waals surface area contributed by atoms with Crippen LogP contribution in [0.5, 0.6) is 0 Å². The molecule has 0 saturated heterocycles. The van der Waals surface area contributed by atoms with Gasteiger partial charge in [0.1, 0.15) is 5.76 Å². The fourth-order valence-corrected chi connectivity index (χ4v) is 3.98. The second kappa shape index (κ2) is 9.72. The van der Waals surface area contributed by atoms with E-state index in [1.165, 1.54) is 23.1 Å². The Kier molecular flexibility index (Phi) is 7.07. The molecule has 2 heterocycles. The molecule has 3 rings (SSSR count). The molecule has 1 aromatic carbocycles. The maximum atomic E-state index is 12.0. The van der Waals surface area contributed by atoms with Gasteiger partial charge in [-0.05, 0) is 24.6 Å². The lowest BCUT2D eigenvalue weighted by Crippen LogP contribution is -2.18. The normalized spacial score (nSPS) is 10.6. The van der Waals surface area contributed by atoms with Crippen LogP contribution in [0.15, 0.2) is 41.1 Å². The first-order valence-corrected chi connectivity index (χ1v) is 10.6. The van der Waals surface area contributed by atoms with Gasteiger partial charge in [0.2, 0.25) is 11.8 Å². The molecular weight excluding hydrogens is 420 g/mol. The zero-order chi connectivity index (χ0) is 19.9. The second-order valence-corrected chi connectivity index (χ2v) is 8.39. The molecule has 0 atom stereocenters. The second-order valence-electron chi connectivity index (χ2n) is 5.85. The van der Waals surface area contributed by atoms with Crippen LogP contribution < -0.4 is 10.6 Å². The number of nitrogens with one attached hydrogen (secondary N) is 2. The van der Waals surface area contributed by atoms with Crippen molar-refractivity contribution in [2.24, 2.45) is 0 Å².